The molecule has 0 radical (unpaired) electrons. The summed E-state index contributed by atoms with van der Waals surface area (Å²) < 4.78 is 29.8. The number of hydrogen-bond donors (Lipinski definition) is 1. The van der Waals surface area contributed by atoms with Gasteiger partial charge in [0.2, 0.25) is 10.0 Å². The van der Waals surface area contributed by atoms with E-state index in [9.17, 15) is 13.2 Å². The van der Waals surface area contributed by atoms with Crippen molar-refractivity contribution >= 4 is 16.0 Å². The van der Waals surface area contributed by atoms with E-state index in [1.54, 1.807) is 0 Å². The predicted molar refractivity (Wildman–Crippen MR) is 61.9 cm³/mol. The van der Waals surface area contributed by atoms with E-state index in [4.69, 9.17) is 0 Å². The molecule has 2 bridgehead atoms. The Labute approximate surface area is 101 Å². The van der Waals surface area contributed by atoms with Crippen LogP contribution in [-0.2, 0) is 19.6 Å². The molecule has 0 aliphatic carbocycles. The first-order chi connectivity index (χ1) is 8.01. The molecule has 2 aliphatic rings. The molecule has 1 N–H and O–H groups in total. The Morgan fingerprint density at radius 2 is 2.06 bits per heavy atom. The average Bonchev–Trinajstić information content (AvgIpc) is 2.56. The molecule has 0 spiro atoms. The number of nitrogens with one attached hydrogen (secondary N) is 1. The van der Waals surface area contributed by atoms with Crippen LogP contribution in [0.15, 0.2) is 0 Å². The number of fused-ring (bicyclic) bond motifs is 2. The van der Waals surface area contributed by atoms with E-state index >= 15 is 0 Å². The van der Waals surface area contributed by atoms with E-state index in [2.05, 4.69) is 10.1 Å². The zero-order valence-corrected chi connectivity index (χ0v) is 10.7. The third kappa shape index (κ3) is 2.97. The highest BCUT2D eigenvalue weighted by atomic mass is 32.2. The van der Waals surface area contributed by atoms with Crippen LogP contribution >= 0.6 is 0 Å². The Morgan fingerprint density at radius 3 is 2.76 bits per heavy atom. The molecule has 2 atom stereocenters. The highest BCUT2D eigenvalue weighted by molar-refractivity contribution is 7.89. The Balaban J connectivity index is 2.03. The number of rotatable bonds is 3. The first-order valence-electron chi connectivity index (χ1n) is 5.82. The number of esters is 1. The number of carbonyl (C=O) groups excluding carboxylic acids is 1. The lowest BCUT2D eigenvalue weighted by Gasteiger charge is -2.22. The monoisotopic (exact) mass is 262 g/mol. The first kappa shape index (κ1) is 12.8. The maximum Gasteiger partial charge on any atom is 0.322 e. The summed E-state index contributed by atoms with van der Waals surface area (Å²) in [7, 11) is -2.32. The van der Waals surface area contributed by atoms with Gasteiger partial charge in [-0.3, -0.25) is 4.79 Å². The lowest BCUT2D eigenvalue weighted by molar-refractivity contribution is -0.137. The van der Waals surface area contributed by atoms with Crippen molar-refractivity contribution in [1.82, 2.24) is 9.62 Å². The molecular formula is C10H18N2O4S. The minimum atomic E-state index is -3.52. The van der Waals surface area contributed by atoms with Crippen LogP contribution < -0.4 is 5.32 Å². The van der Waals surface area contributed by atoms with Gasteiger partial charge in [-0.2, -0.15) is 4.31 Å². The van der Waals surface area contributed by atoms with Crippen molar-refractivity contribution in [2.24, 2.45) is 0 Å². The fourth-order valence-corrected chi connectivity index (χ4v) is 3.85. The summed E-state index contributed by atoms with van der Waals surface area (Å²) in [5.41, 5.74) is 0. The average molecular weight is 262 g/mol. The molecule has 0 aromatic heterocycles. The summed E-state index contributed by atoms with van der Waals surface area (Å²) in [5, 5.41) is 3.40. The number of sulfonamides is 1. The van der Waals surface area contributed by atoms with E-state index in [0.717, 1.165) is 19.3 Å². The van der Waals surface area contributed by atoms with Crippen molar-refractivity contribution in [3.8, 4) is 0 Å². The highest BCUT2D eigenvalue weighted by Crippen LogP contribution is 2.22. The molecule has 6 nitrogen and oxygen atoms in total. The smallest absolute Gasteiger partial charge is 0.322 e. The Hall–Kier alpha value is -0.660. The molecule has 0 saturated carbocycles. The van der Waals surface area contributed by atoms with Crippen LogP contribution in [-0.4, -0.2) is 56.7 Å². The zero-order chi connectivity index (χ0) is 12.5. The normalized spacial score (nSPS) is 29.9. The quantitative estimate of drug-likeness (QED) is 0.682. The van der Waals surface area contributed by atoms with Gasteiger partial charge >= 0.3 is 5.97 Å². The van der Waals surface area contributed by atoms with Crippen LogP contribution in [0.3, 0.4) is 0 Å². The molecular weight excluding hydrogens is 244 g/mol. The number of nitrogens with zero attached hydrogens (tertiary/aromatic N) is 1. The summed E-state index contributed by atoms with van der Waals surface area (Å²) in [4.78, 5) is 11.1. The molecule has 2 saturated heterocycles. The number of ether oxygens (including phenoxy) is 1. The summed E-state index contributed by atoms with van der Waals surface area (Å²) in [6.45, 7) is 0.962. The lowest BCUT2D eigenvalue weighted by Crippen LogP contribution is -2.41. The molecule has 2 heterocycles. The highest BCUT2D eigenvalue weighted by Gasteiger charge is 2.35. The van der Waals surface area contributed by atoms with Crippen molar-refractivity contribution in [3.63, 3.8) is 0 Å². The Morgan fingerprint density at radius 1 is 1.35 bits per heavy atom. The maximum absolute atomic E-state index is 12.0. The van der Waals surface area contributed by atoms with E-state index in [0.29, 0.717) is 19.1 Å². The molecule has 0 aromatic carbocycles. The van der Waals surface area contributed by atoms with Gasteiger partial charge < -0.3 is 10.1 Å². The summed E-state index contributed by atoms with van der Waals surface area (Å²) in [5.74, 6) is -1.26. The molecule has 2 unspecified atom stereocenters. The van der Waals surface area contributed by atoms with Gasteiger partial charge in [-0.05, 0) is 19.3 Å². The standard InChI is InChI=1S/C10H18N2O4S/c1-16-10(13)7-17(14,15)12-5-4-8-2-3-9(6-12)11-8/h8-9,11H,2-7H2,1H3. The van der Waals surface area contributed by atoms with Crippen LogP contribution in [0.1, 0.15) is 19.3 Å². The van der Waals surface area contributed by atoms with E-state index in [1.807, 2.05) is 0 Å². The summed E-state index contributed by atoms with van der Waals surface area (Å²) in [6, 6.07) is 0.660. The SMILES string of the molecule is COC(=O)CS(=O)(=O)N1CCC2CCC(C1)N2. The van der Waals surface area contributed by atoms with Crippen LogP contribution in [0, 0.1) is 0 Å². The van der Waals surface area contributed by atoms with Gasteiger partial charge in [0.15, 0.2) is 5.75 Å². The topological polar surface area (TPSA) is 75.7 Å². The molecule has 0 aromatic rings. The van der Waals surface area contributed by atoms with E-state index in [1.165, 1.54) is 11.4 Å². The van der Waals surface area contributed by atoms with E-state index in [-0.39, 0.29) is 6.04 Å². The summed E-state index contributed by atoms with van der Waals surface area (Å²) >= 11 is 0. The van der Waals surface area contributed by atoms with E-state index < -0.39 is 21.7 Å². The van der Waals surface area contributed by atoms with Gasteiger partial charge in [-0.15, -0.1) is 0 Å². The zero-order valence-electron chi connectivity index (χ0n) is 9.89. The first-order valence-corrected chi connectivity index (χ1v) is 7.43. The third-order valence-electron chi connectivity index (χ3n) is 3.41. The second-order valence-electron chi connectivity index (χ2n) is 4.62. The van der Waals surface area contributed by atoms with Crippen molar-refractivity contribution < 1.29 is 17.9 Å². The van der Waals surface area contributed by atoms with Gasteiger partial charge in [0.25, 0.3) is 0 Å². The molecule has 0 amide bonds. The molecule has 17 heavy (non-hydrogen) atoms. The summed E-state index contributed by atoms with van der Waals surface area (Å²) in [6.07, 6.45) is 2.95. The fraction of sp³-hybridized carbons (Fsp3) is 0.900. The van der Waals surface area contributed by atoms with Crippen LogP contribution in [0.2, 0.25) is 0 Å². The third-order valence-corrected chi connectivity index (χ3v) is 5.13. The molecule has 2 rings (SSSR count). The van der Waals surface area contributed by atoms with Gasteiger partial charge in [0.1, 0.15) is 0 Å². The predicted octanol–water partition coefficient (Wildman–Crippen LogP) is -0.684. The Bertz CT molecular complexity index is 395. The van der Waals surface area contributed by atoms with Gasteiger partial charge in [-0.25, -0.2) is 8.42 Å². The second kappa shape index (κ2) is 4.91. The number of carbonyl (C=O) groups is 1. The fourth-order valence-electron chi connectivity index (χ4n) is 2.46. The molecule has 98 valence electrons. The minimum Gasteiger partial charge on any atom is -0.468 e. The number of hydrogen-bond acceptors (Lipinski definition) is 5. The van der Waals surface area contributed by atoms with Crippen molar-refractivity contribution in [3.05, 3.63) is 0 Å². The van der Waals surface area contributed by atoms with Gasteiger partial charge in [-0.1, -0.05) is 0 Å². The van der Waals surface area contributed by atoms with Crippen molar-refractivity contribution in [2.45, 2.75) is 31.3 Å². The second-order valence-corrected chi connectivity index (χ2v) is 6.59. The Kier molecular flexibility index (Phi) is 3.70. The molecule has 2 fully saturated rings. The largest absolute Gasteiger partial charge is 0.468 e. The lowest BCUT2D eigenvalue weighted by atomic mass is 10.1. The number of methoxy groups -OCH3 is 1. The molecule has 2 aliphatic heterocycles. The molecule has 7 heteroatoms. The van der Waals surface area contributed by atoms with Gasteiger partial charge in [0.05, 0.1) is 7.11 Å². The van der Waals surface area contributed by atoms with Crippen LogP contribution in [0.25, 0.3) is 0 Å². The minimum absolute atomic E-state index is 0.231. The van der Waals surface area contributed by atoms with Crippen molar-refractivity contribution in [2.75, 3.05) is 26.0 Å². The van der Waals surface area contributed by atoms with Crippen LogP contribution in [0.5, 0.6) is 0 Å². The maximum atomic E-state index is 12.0. The van der Waals surface area contributed by atoms with Gasteiger partial charge in [0, 0.05) is 25.2 Å². The van der Waals surface area contributed by atoms with Crippen LogP contribution in [0.4, 0.5) is 0 Å². The van der Waals surface area contributed by atoms with Crippen molar-refractivity contribution in [1.29, 1.82) is 0 Å².